The Labute approximate surface area is 267 Å². The molecule has 3 aromatic rings. The van der Waals surface area contributed by atoms with Crippen molar-refractivity contribution >= 4 is 42.5 Å². The number of hydrogen-bond donors (Lipinski definition) is 3. The monoisotopic (exact) mass is 683 g/mol. The summed E-state index contributed by atoms with van der Waals surface area (Å²) in [5.41, 5.74) is 7.46. The van der Waals surface area contributed by atoms with Crippen molar-refractivity contribution in [1.82, 2.24) is 14.7 Å². The second kappa shape index (κ2) is 22.0. The molecule has 4 N–H and O–H groups in total. The number of hydrogen-bond acceptors (Lipinski definition) is 5. The van der Waals surface area contributed by atoms with Gasteiger partial charge in [-0.1, -0.05) is 60.5 Å². The summed E-state index contributed by atoms with van der Waals surface area (Å²) in [5.74, 6) is 6.85. The van der Waals surface area contributed by atoms with Crippen molar-refractivity contribution < 1.29 is 22.7 Å². The van der Waals surface area contributed by atoms with E-state index in [9.17, 15) is 18.0 Å². The van der Waals surface area contributed by atoms with Crippen LogP contribution in [0.25, 0.3) is 5.52 Å². The van der Waals surface area contributed by atoms with Crippen LogP contribution in [0.1, 0.15) is 83.1 Å². The van der Waals surface area contributed by atoms with E-state index in [0.717, 1.165) is 5.92 Å². The van der Waals surface area contributed by atoms with E-state index in [1.54, 1.807) is 18.2 Å². The van der Waals surface area contributed by atoms with Gasteiger partial charge in [0.05, 0.1) is 0 Å². The fourth-order valence-corrected chi connectivity index (χ4v) is 5.08. The van der Waals surface area contributed by atoms with Crippen LogP contribution in [0.15, 0.2) is 49.3 Å². The van der Waals surface area contributed by atoms with Crippen molar-refractivity contribution in [3.8, 4) is 17.6 Å². The van der Waals surface area contributed by atoms with Crippen LogP contribution in [-0.4, -0.2) is 56.0 Å². The minimum atomic E-state index is -4.34. The Hall–Kier alpha value is -3.61. The number of nitrogen functional groups attached to an aromatic ring is 1. The van der Waals surface area contributed by atoms with Gasteiger partial charge in [-0.2, -0.15) is 0 Å². The number of ether oxygens (including phenoxy) is 1. The number of fused-ring (bicyclic) bond motifs is 1. The van der Waals surface area contributed by atoms with Crippen molar-refractivity contribution in [1.29, 1.82) is 0 Å². The third kappa shape index (κ3) is 13.8. The molecule has 2 aromatic heterocycles. The quantitative estimate of drug-likeness (QED) is 0.0924. The molecule has 0 spiro atoms. The zero-order valence-electron chi connectivity index (χ0n) is 27.2. The molecule has 7 nitrogen and oxygen atoms in total. The first-order valence-electron chi connectivity index (χ1n) is 14.8. The average molecular weight is 683 g/mol. The summed E-state index contributed by atoms with van der Waals surface area (Å²) in [6.07, 6.45) is 9.98. The first-order valence-corrected chi connectivity index (χ1v) is 16.5. The summed E-state index contributed by atoms with van der Waals surface area (Å²) in [7, 11) is 3.00. The Balaban J connectivity index is 0.00000121. The average Bonchev–Trinajstić information content (AvgIpc) is 3.37. The number of aromatic nitrogens is 2. The predicted molar refractivity (Wildman–Crippen MR) is 179 cm³/mol. The molecule has 44 heavy (non-hydrogen) atoms. The molecule has 0 aliphatic rings. The third-order valence-electron chi connectivity index (χ3n) is 5.98. The summed E-state index contributed by atoms with van der Waals surface area (Å²) in [6, 6.07) is 6.38. The van der Waals surface area contributed by atoms with Gasteiger partial charge in [0.25, 0.3) is 0 Å². The van der Waals surface area contributed by atoms with Crippen LogP contribution < -0.4 is 25.7 Å². The van der Waals surface area contributed by atoms with Crippen molar-refractivity contribution in [2.45, 2.75) is 72.3 Å². The third-order valence-corrected chi connectivity index (χ3v) is 7.74. The van der Waals surface area contributed by atoms with Gasteiger partial charge in [-0.3, -0.25) is 0 Å². The number of benzene rings is 1. The van der Waals surface area contributed by atoms with E-state index in [-0.39, 0.29) is 28.4 Å². The van der Waals surface area contributed by atoms with Gasteiger partial charge in [0, 0.05) is 7.05 Å². The van der Waals surface area contributed by atoms with E-state index in [0.29, 0.717) is 22.5 Å². The fourth-order valence-electron chi connectivity index (χ4n) is 3.62. The number of alkyl halides is 3. The molecule has 0 bridgehead atoms. The van der Waals surface area contributed by atoms with E-state index < -0.39 is 20.0 Å². The Morgan fingerprint density at radius 3 is 2.50 bits per heavy atom. The molecule has 0 aliphatic heterocycles. The number of nitrogens with zero attached hydrogens (tertiary/aromatic N) is 2. The van der Waals surface area contributed by atoms with E-state index in [2.05, 4.69) is 47.9 Å². The second-order valence-corrected chi connectivity index (χ2v) is 11.1. The predicted octanol–water partition coefficient (Wildman–Crippen LogP) is 7.04. The van der Waals surface area contributed by atoms with E-state index in [4.69, 9.17) is 10.5 Å². The van der Waals surface area contributed by atoms with Crippen LogP contribution in [0.2, 0.25) is 0 Å². The standard InChI is InChI=1S/C20H18F3N5O2Se.C9H18.2C2H6/c1-25-18(29)12-5-6-14(16(11-12)30-2)26-7-3-4-13-10-15-17(24)27-8-9-28(15)19(13)31-20(21,22)23;1-4-6-7-8-9(3)5-2;2*1-2/h5-6,8-11,26H,7H2,1-2H3,(H2,24,27)(H,25,29);4,9H,1,5-8H2,2-3H3;2*1-2H3/t;9-;;/m.0../s1. The maximum absolute atomic E-state index is 13.1. The SMILES string of the molecule is C=CCCC[C@@H](C)CC.CC.CC.CNC(=O)c1ccc(NCC#Cc2cc3c(N)nccn3c2[Se]C(F)(F)F)c(OC)c1. The molecule has 3 rings (SSSR count). The van der Waals surface area contributed by atoms with Crippen LogP contribution in [0.3, 0.4) is 0 Å². The maximum atomic E-state index is 13.1. The Bertz CT molecular complexity index is 1350. The first-order chi connectivity index (χ1) is 21.0. The van der Waals surface area contributed by atoms with Gasteiger partial charge < -0.3 is 0 Å². The van der Waals surface area contributed by atoms with Gasteiger partial charge in [0.15, 0.2) is 0 Å². The molecule has 11 heteroatoms. The zero-order valence-corrected chi connectivity index (χ0v) is 28.9. The van der Waals surface area contributed by atoms with Crippen LogP contribution in [-0.2, 0) is 0 Å². The summed E-state index contributed by atoms with van der Waals surface area (Å²) < 4.78 is 46.0. The topological polar surface area (TPSA) is 93.7 Å². The van der Waals surface area contributed by atoms with Crippen LogP contribution in [0.4, 0.5) is 24.7 Å². The van der Waals surface area contributed by atoms with E-state index >= 15 is 0 Å². The molecule has 0 aliphatic carbocycles. The molecule has 0 radical (unpaired) electrons. The number of methoxy groups -OCH3 is 1. The molecule has 0 fully saturated rings. The van der Waals surface area contributed by atoms with Gasteiger partial charge in [-0.25, -0.2) is 0 Å². The molecule has 244 valence electrons. The molecule has 0 unspecified atom stereocenters. The van der Waals surface area contributed by atoms with E-state index in [1.807, 2.05) is 33.8 Å². The van der Waals surface area contributed by atoms with Crippen molar-refractivity contribution in [3.63, 3.8) is 0 Å². The summed E-state index contributed by atoms with van der Waals surface area (Å²) in [6.45, 7) is 16.4. The van der Waals surface area contributed by atoms with Gasteiger partial charge in [-0.15, -0.1) is 6.58 Å². The molecular formula is C33H48F3N5O2Se. The second-order valence-electron chi connectivity index (χ2n) is 8.86. The number of amides is 1. The van der Waals surface area contributed by atoms with Crippen LogP contribution in [0.5, 0.6) is 5.75 Å². The van der Waals surface area contributed by atoms with Crippen molar-refractivity contribution in [2.75, 3.05) is 31.8 Å². The molecule has 1 amide bonds. The summed E-state index contributed by atoms with van der Waals surface area (Å²) in [4.78, 5) is 15.7. The number of unbranched alkanes of at least 4 members (excludes halogenated alkanes) is 1. The minimum absolute atomic E-state index is 0.0594. The summed E-state index contributed by atoms with van der Waals surface area (Å²) >= 11 is -1.80. The number of carbonyl (C=O) groups excluding carboxylic acids is 1. The molecule has 2 heterocycles. The number of allylic oxidation sites excluding steroid dienone is 1. The Kier molecular flexibility index (Phi) is 20.2. The van der Waals surface area contributed by atoms with Crippen molar-refractivity contribution in [3.05, 3.63) is 60.4 Å². The summed E-state index contributed by atoms with van der Waals surface area (Å²) in [5, 5.41) is 1.23. The molecule has 0 saturated heterocycles. The fraction of sp³-hybridized carbons (Fsp3) is 0.455. The van der Waals surface area contributed by atoms with Gasteiger partial charge in [-0.05, 0) is 18.8 Å². The number of nitrogens with one attached hydrogen (secondary N) is 2. The normalized spacial score (nSPS) is 10.7. The number of rotatable bonds is 10. The first kappa shape index (κ1) is 40.4. The molecule has 1 aromatic carbocycles. The number of anilines is 2. The van der Waals surface area contributed by atoms with Gasteiger partial charge >= 0.3 is 175 Å². The van der Waals surface area contributed by atoms with Crippen LogP contribution in [0, 0.1) is 17.8 Å². The number of carbonyl (C=O) groups is 1. The van der Waals surface area contributed by atoms with Gasteiger partial charge in [0.2, 0.25) is 0 Å². The zero-order chi connectivity index (χ0) is 33.7. The van der Waals surface area contributed by atoms with Gasteiger partial charge in [0.1, 0.15) is 0 Å². The molecule has 1 atom stereocenters. The van der Waals surface area contributed by atoms with Crippen molar-refractivity contribution in [2.24, 2.45) is 5.92 Å². The van der Waals surface area contributed by atoms with E-state index in [1.165, 1.54) is 62.7 Å². The Morgan fingerprint density at radius 2 is 1.93 bits per heavy atom. The van der Waals surface area contributed by atoms with Crippen LogP contribution >= 0.6 is 0 Å². The molecule has 0 saturated carbocycles. The number of nitrogens with two attached hydrogens (primary N) is 1. The number of halogens is 3. The Morgan fingerprint density at radius 1 is 1.25 bits per heavy atom. The molecular weight excluding hydrogens is 634 g/mol.